The Balaban J connectivity index is 1.77. The summed E-state index contributed by atoms with van der Waals surface area (Å²) < 4.78 is 15.6. The van der Waals surface area contributed by atoms with Crippen molar-refractivity contribution in [1.82, 2.24) is 0 Å². The quantitative estimate of drug-likeness (QED) is 0.545. The molecule has 3 rings (SSSR count). The average Bonchev–Trinajstić information content (AvgIpc) is 3.14. The second-order valence-electron chi connectivity index (χ2n) is 6.57. The van der Waals surface area contributed by atoms with Crippen LogP contribution in [0.2, 0.25) is 0 Å². The predicted octanol–water partition coefficient (Wildman–Crippen LogP) is 2.61. The van der Waals surface area contributed by atoms with Crippen molar-refractivity contribution in [3.05, 3.63) is 46.5 Å². The van der Waals surface area contributed by atoms with Crippen molar-refractivity contribution in [2.24, 2.45) is 5.92 Å². The molecule has 158 valence electrons. The SMILES string of the molecule is COc1ccc(NC(=O)[C@@H]2CC(=O)N(c3ccc([N+](=O)[O-])cc3OC)C2)c(OC)c1. The number of nitrogens with one attached hydrogen (secondary N) is 1. The average molecular weight is 415 g/mol. The fraction of sp³-hybridized carbons (Fsp3) is 0.300. The van der Waals surface area contributed by atoms with E-state index in [-0.39, 0.29) is 36.2 Å². The summed E-state index contributed by atoms with van der Waals surface area (Å²) in [5.41, 5.74) is 0.690. The molecule has 10 heteroatoms. The number of rotatable bonds is 7. The molecule has 0 spiro atoms. The highest BCUT2D eigenvalue weighted by molar-refractivity contribution is 6.04. The Labute approximate surface area is 172 Å². The third-order valence-corrected chi connectivity index (χ3v) is 4.83. The molecule has 1 N–H and O–H groups in total. The van der Waals surface area contributed by atoms with Gasteiger partial charge in [0, 0.05) is 25.1 Å². The van der Waals surface area contributed by atoms with Crippen molar-refractivity contribution in [1.29, 1.82) is 0 Å². The number of carbonyl (C=O) groups excluding carboxylic acids is 2. The first-order chi connectivity index (χ1) is 14.4. The fourth-order valence-corrected chi connectivity index (χ4v) is 3.26. The molecule has 0 radical (unpaired) electrons. The lowest BCUT2D eigenvalue weighted by molar-refractivity contribution is -0.384. The van der Waals surface area contributed by atoms with Crippen molar-refractivity contribution < 1.29 is 28.7 Å². The van der Waals surface area contributed by atoms with Crippen LogP contribution in [0.1, 0.15) is 6.42 Å². The summed E-state index contributed by atoms with van der Waals surface area (Å²) in [6, 6.07) is 8.97. The molecule has 1 saturated heterocycles. The smallest absolute Gasteiger partial charge is 0.273 e. The van der Waals surface area contributed by atoms with E-state index < -0.39 is 10.8 Å². The van der Waals surface area contributed by atoms with Crippen molar-refractivity contribution in [2.45, 2.75) is 6.42 Å². The van der Waals surface area contributed by atoms with Crippen LogP contribution in [0.15, 0.2) is 36.4 Å². The van der Waals surface area contributed by atoms with E-state index in [2.05, 4.69) is 5.32 Å². The molecule has 0 aromatic heterocycles. The van der Waals surface area contributed by atoms with Gasteiger partial charge in [-0.25, -0.2) is 0 Å². The number of ether oxygens (including phenoxy) is 3. The van der Waals surface area contributed by atoms with Crippen molar-refractivity contribution in [2.75, 3.05) is 38.1 Å². The van der Waals surface area contributed by atoms with Gasteiger partial charge in [-0.1, -0.05) is 0 Å². The first-order valence-electron chi connectivity index (χ1n) is 9.03. The van der Waals surface area contributed by atoms with Crippen LogP contribution in [-0.4, -0.2) is 44.6 Å². The number of anilines is 2. The minimum Gasteiger partial charge on any atom is -0.497 e. The van der Waals surface area contributed by atoms with Crippen LogP contribution in [0.5, 0.6) is 17.2 Å². The number of amides is 2. The minimum absolute atomic E-state index is 0.00441. The number of nitro groups is 1. The van der Waals surface area contributed by atoms with Crippen LogP contribution in [0.4, 0.5) is 17.1 Å². The maximum atomic E-state index is 12.8. The van der Waals surface area contributed by atoms with E-state index in [0.717, 1.165) is 0 Å². The van der Waals surface area contributed by atoms with Gasteiger partial charge in [0.1, 0.15) is 17.2 Å². The van der Waals surface area contributed by atoms with Crippen molar-refractivity contribution in [3.63, 3.8) is 0 Å². The topological polar surface area (TPSA) is 120 Å². The maximum Gasteiger partial charge on any atom is 0.273 e. The van der Waals surface area contributed by atoms with Crippen molar-refractivity contribution >= 4 is 28.9 Å². The highest BCUT2D eigenvalue weighted by Gasteiger charge is 2.37. The summed E-state index contributed by atoms with van der Waals surface area (Å²) in [7, 11) is 4.37. The monoisotopic (exact) mass is 415 g/mol. The highest BCUT2D eigenvalue weighted by Crippen LogP contribution is 2.36. The van der Waals surface area contributed by atoms with Gasteiger partial charge < -0.3 is 24.4 Å². The zero-order chi connectivity index (χ0) is 21.8. The van der Waals surface area contributed by atoms with Gasteiger partial charge in [-0.15, -0.1) is 0 Å². The van der Waals surface area contributed by atoms with E-state index in [1.54, 1.807) is 18.2 Å². The largest absolute Gasteiger partial charge is 0.497 e. The Kier molecular flexibility index (Phi) is 6.05. The standard InChI is InChI=1S/C20H21N3O7/c1-28-14-5-6-15(17(10-14)29-2)21-20(25)12-8-19(24)22(11-12)16-7-4-13(23(26)27)9-18(16)30-3/h4-7,9-10,12H,8,11H2,1-3H3,(H,21,25)/t12-/m1/s1. The molecule has 0 unspecified atom stereocenters. The molecule has 1 atom stereocenters. The number of nitrogens with zero attached hydrogens (tertiary/aromatic N) is 2. The van der Waals surface area contributed by atoms with Gasteiger partial charge in [0.15, 0.2) is 0 Å². The summed E-state index contributed by atoms with van der Waals surface area (Å²) >= 11 is 0. The Morgan fingerprint density at radius 3 is 2.47 bits per heavy atom. The summed E-state index contributed by atoms with van der Waals surface area (Å²) in [6.07, 6.45) is 0.00441. The fourth-order valence-electron chi connectivity index (χ4n) is 3.26. The zero-order valence-electron chi connectivity index (χ0n) is 16.7. The number of methoxy groups -OCH3 is 3. The summed E-state index contributed by atoms with van der Waals surface area (Å²) in [5, 5.41) is 13.8. The maximum absolute atomic E-state index is 12.8. The molecule has 1 heterocycles. The van der Waals surface area contributed by atoms with E-state index in [9.17, 15) is 19.7 Å². The molecule has 0 aliphatic carbocycles. The molecule has 2 aromatic carbocycles. The van der Waals surface area contributed by atoms with E-state index in [4.69, 9.17) is 14.2 Å². The van der Waals surface area contributed by atoms with Crippen LogP contribution in [-0.2, 0) is 9.59 Å². The van der Waals surface area contributed by atoms with Crippen LogP contribution in [0.25, 0.3) is 0 Å². The lowest BCUT2D eigenvalue weighted by Gasteiger charge is -2.19. The highest BCUT2D eigenvalue weighted by atomic mass is 16.6. The van der Waals surface area contributed by atoms with E-state index >= 15 is 0 Å². The van der Waals surface area contributed by atoms with Gasteiger partial charge in [-0.05, 0) is 18.2 Å². The molecular formula is C20H21N3O7. The molecule has 1 fully saturated rings. The number of non-ortho nitro benzene ring substituents is 1. The van der Waals surface area contributed by atoms with E-state index in [1.807, 2.05) is 0 Å². The van der Waals surface area contributed by atoms with Crippen LogP contribution in [0.3, 0.4) is 0 Å². The lowest BCUT2D eigenvalue weighted by atomic mass is 10.1. The third kappa shape index (κ3) is 4.12. The van der Waals surface area contributed by atoms with Gasteiger partial charge in [-0.3, -0.25) is 19.7 Å². The molecule has 10 nitrogen and oxygen atoms in total. The number of carbonyl (C=O) groups is 2. The second kappa shape index (κ2) is 8.68. The molecule has 1 aliphatic rings. The second-order valence-corrected chi connectivity index (χ2v) is 6.57. The molecule has 0 saturated carbocycles. The molecule has 2 amide bonds. The summed E-state index contributed by atoms with van der Waals surface area (Å²) in [4.78, 5) is 37.1. The first kappa shape index (κ1) is 20.9. The lowest BCUT2D eigenvalue weighted by Crippen LogP contribution is -2.28. The van der Waals surface area contributed by atoms with Gasteiger partial charge in [0.05, 0.1) is 49.6 Å². The first-order valence-corrected chi connectivity index (χ1v) is 9.03. The number of hydrogen-bond acceptors (Lipinski definition) is 7. The number of nitro benzene ring substituents is 1. The van der Waals surface area contributed by atoms with E-state index in [1.165, 1.54) is 44.4 Å². The summed E-state index contributed by atoms with van der Waals surface area (Å²) in [6.45, 7) is 0.122. The number of benzene rings is 2. The third-order valence-electron chi connectivity index (χ3n) is 4.83. The minimum atomic E-state index is -0.607. The van der Waals surface area contributed by atoms with Gasteiger partial charge in [0.25, 0.3) is 5.69 Å². The van der Waals surface area contributed by atoms with Crippen LogP contribution < -0.4 is 24.4 Å². The molecule has 0 bridgehead atoms. The normalized spacial score (nSPS) is 15.6. The Morgan fingerprint density at radius 2 is 1.83 bits per heavy atom. The Bertz CT molecular complexity index is 992. The Hall–Kier alpha value is -3.82. The predicted molar refractivity (Wildman–Crippen MR) is 108 cm³/mol. The molecular weight excluding hydrogens is 394 g/mol. The zero-order valence-corrected chi connectivity index (χ0v) is 16.7. The van der Waals surface area contributed by atoms with Crippen LogP contribution >= 0.6 is 0 Å². The summed E-state index contributed by atoms with van der Waals surface area (Å²) in [5.74, 6) is -0.0166. The van der Waals surface area contributed by atoms with Gasteiger partial charge >= 0.3 is 0 Å². The van der Waals surface area contributed by atoms with Crippen molar-refractivity contribution in [3.8, 4) is 17.2 Å². The van der Waals surface area contributed by atoms with Crippen LogP contribution in [0, 0.1) is 16.0 Å². The van der Waals surface area contributed by atoms with Gasteiger partial charge in [0.2, 0.25) is 11.8 Å². The molecule has 1 aliphatic heterocycles. The molecule has 30 heavy (non-hydrogen) atoms. The number of hydrogen-bond donors (Lipinski definition) is 1. The Morgan fingerprint density at radius 1 is 1.10 bits per heavy atom. The molecule has 2 aromatic rings. The van der Waals surface area contributed by atoms with Gasteiger partial charge in [-0.2, -0.15) is 0 Å². The van der Waals surface area contributed by atoms with E-state index in [0.29, 0.717) is 22.9 Å².